The van der Waals surface area contributed by atoms with Crippen molar-refractivity contribution in [2.75, 3.05) is 0 Å². The van der Waals surface area contributed by atoms with E-state index < -0.39 is 13.4 Å². The second-order valence-electron chi connectivity index (χ2n) is 10.7. The standard InChI is InChI=1S/C25H45O5Se/c1-2-12-21(11-1)26-31(27-22-13-3-4-14-22,28-23-15-5-6-16-23,29-24-17-7-8-18-24)30-25-19-9-10-20-25/h21-25H,1-20H2. The molecule has 31 heavy (non-hydrogen) atoms. The second-order valence-corrected chi connectivity index (χ2v) is 15.6. The SMILES string of the molecule is C1CCC(O[Se](OC2CCCC2)(OC2CCCC2)(OC2CCCC2)OC2CCCC2)C1. The van der Waals surface area contributed by atoms with Crippen LogP contribution in [0.15, 0.2) is 0 Å². The fourth-order valence-electron chi connectivity index (χ4n) is 6.26. The summed E-state index contributed by atoms with van der Waals surface area (Å²) >= 11 is -4.74. The minimum absolute atomic E-state index is 0.158. The van der Waals surface area contributed by atoms with E-state index in [0.717, 1.165) is 64.2 Å². The first kappa shape index (κ1) is 23.1. The molecular weight excluding hydrogens is 459 g/mol. The average Bonchev–Trinajstić information content (AvgIpc) is 3.56. The molecule has 0 heterocycles. The molecule has 0 amide bonds. The van der Waals surface area contributed by atoms with Crippen molar-refractivity contribution in [1.29, 1.82) is 0 Å². The van der Waals surface area contributed by atoms with Crippen LogP contribution >= 0.6 is 0 Å². The Hall–Kier alpha value is 0.319. The Kier molecular flexibility index (Phi) is 7.66. The van der Waals surface area contributed by atoms with Gasteiger partial charge in [0.1, 0.15) is 0 Å². The van der Waals surface area contributed by atoms with Gasteiger partial charge in [-0.2, -0.15) is 0 Å². The van der Waals surface area contributed by atoms with E-state index in [0.29, 0.717) is 0 Å². The molecular formula is C25H45O5Se. The van der Waals surface area contributed by atoms with E-state index in [1.54, 1.807) is 0 Å². The van der Waals surface area contributed by atoms with Crippen LogP contribution in [0.1, 0.15) is 128 Å². The van der Waals surface area contributed by atoms with E-state index in [9.17, 15) is 0 Å². The van der Waals surface area contributed by atoms with E-state index in [4.69, 9.17) is 19.1 Å². The predicted octanol–water partition coefficient (Wildman–Crippen LogP) is 6.67. The van der Waals surface area contributed by atoms with E-state index in [2.05, 4.69) is 0 Å². The molecule has 0 saturated heterocycles. The number of rotatable bonds is 10. The Balaban J connectivity index is 1.51. The van der Waals surface area contributed by atoms with Crippen molar-refractivity contribution >= 4 is 13.4 Å². The van der Waals surface area contributed by atoms with Crippen molar-refractivity contribution < 1.29 is 19.1 Å². The average molecular weight is 505 g/mol. The molecule has 5 rings (SSSR count). The van der Waals surface area contributed by atoms with Gasteiger partial charge in [0.2, 0.25) is 0 Å². The molecule has 5 aliphatic rings. The van der Waals surface area contributed by atoms with Crippen molar-refractivity contribution in [2.45, 2.75) is 159 Å². The van der Waals surface area contributed by atoms with Gasteiger partial charge in [-0.05, 0) is 0 Å². The second kappa shape index (κ2) is 10.3. The van der Waals surface area contributed by atoms with Gasteiger partial charge in [0, 0.05) is 0 Å². The van der Waals surface area contributed by atoms with E-state index in [1.165, 1.54) is 64.2 Å². The summed E-state index contributed by atoms with van der Waals surface area (Å²) < 4.78 is 35.6. The van der Waals surface area contributed by atoms with Crippen molar-refractivity contribution in [3.8, 4) is 0 Å². The fourth-order valence-corrected chi connectivity index (χ4v) is 13.9. The summed E-state index contributed by atoms with van der Waals surface area (Å²) in [6.07, 6.45) is 23.8. The third-order valence-electron chi connectivity index (χ3n) is 7.98. The maximum atomic E-state index is 7.11. The van der Waals surface area contributed by atoms with Crippen LogP contribution in [0, 0.1) is 0 Å². The molecule has 5 aliphatic carbocycles. The van der Waals surface area contributed by atoms with Crippen molar-refractivity contribution in [3.63, 3.8) is 0 Å². The summed E-state index contributed by atoms with van der Waals surface area (Å²) in [5.41, 5.74) is 0. The molecule has 5 nitrogen and oxygen atoms in total. The first-order valence-electron chi connectivity index (χ1n) is 13.6. The summed E-state index contributed by atoms with van der Waals surface area (Å²) in [5, 5.41) is 0. The molecule has 0 atom stereocenters. The summed E-state index contributed by atoms with van der Waals surface area (Å²) in [6.45, 7) is 0. The van der Waals surface area contributed by atoms with Crippen LogP contribution in [0.25, 0.3) is 0 Å². The van der Waals surface area contributed by atoms with Crippen molar-refractivity contribution in [3.05, 3.63) is 0 Å². The van der Waals surface area contributed by atoms with Crippen LogP contribution in [0.2, 0.25) is 0 Å². The summed E-state index contributed by atoms with van der Waals surface area (Å²) in [4.78, 5) is 0. The minimum atomic E-state index is -4.74. The molecule has 0 bridgehead atoms. The van der Waals surface area contributed by atoms with Crippen LogP contribution in [-0.2, 0) is 19.1 Å². The van der Waals surface area contributed by atoms with Crippen LogP contribution in [0.4, 0.5) is 0 Å². The van der Waals surface area contributed by atoms with Gasteiger partial charge in [-0.1, -0.05) is 0 Å². The molecule has 0 N–H and O–H groups in total. The van der Waals surface area contributed by atoms with Gasteiger partial charge in [0.25, 0.3) is 0 Å². The molecule has 181 valence electrons. The third kappa shape index (κ3) is 5.70. The number of hydrogen-bond acceptors (Lipinski definition) is 5. The van der Waals surface area contributed by atoms with Crippen LogP contribution in [0.5, 0.6) is 0 Å². The van der Waals surface area contributed by atoms with Crippen molar-refractivity contribution in [1.82, 2.24) is 0 Å². The van der Waals surface area contributed by atoms with Gasteiger partial charge >= 0.3 is 191 Å². The van der Waals surface area contributed by atoms with Gasteiger partial charge in [-0.3, -0.25) is 0 Å². The molecule has 0 unspecified atom stereocenters. The normalized spacial score (nSPS) is 29.4. The van der Waals surface area contributed by atoms with E-state index in [1.807, 2.05) is 0 Å². The first-order valence-corrected chi connectivity index (χ1v) is 17.1. The van der Waals surface area contributed by atoms with Gasteiger partial charge in [0.05, 0.1) is 0 Å². The van der Waals surface area contributed by atoms with Crippen molar-refractivity contribution in [2.24, 2.45) is 0 Å². The molecule has 0 aliphatic heterocycles. The molecule has 1 radical (unpaired) electrons. The van der Waals surface area contributed by atoms with Crippen LogP contribution in [0.3, 0.4) is 0 Å². The molecule has 5 fully saturated rings. The number of hydrogen-bond donors (Lipinski definition) is 0. The summed E-state index contributed by atoms with van der Waals surface area (Å²) in [5.74, 6) is 0. The molecule has 0 aromatic carbocycles. The fraction of sp³-hybridized carbons (Fsp3) is 1.00. The Labute approximate surface area is 191 Å². The molecule has 5 saturated carbocycles. The van der Waals surface area contributed by atoms with Gasteiger partial charge < -0.3 is 0 Å². The molecule has 0 spiro atoms. The van der Waals surface area contributed by atoms with Gasteiger partial charge in [-0.15, -0.1) is 0 Å². The summed E-state index contributed by atoms with van der Waals surface area (Å²) in [7, 11) is 0. The molecule has 0 aromatic heterocycles. The zero-order valence-corrected chi connectivity index (χ0v) is 21.2. The zero-order chi connectivity index (χ0) is 21.0. The van der Waals surface area contributed by atoms with E-state index >= 15 is 0 Å². The van der Waals surface area contributed by atoms with E-state index in [-0.39, 0.29) is 30.5 Å². The topological polar surface area (TPSA) is 46.2 Å². The first-order chi connectivity index (χ1) is 15.2. The Morgan fingerprint density at radius 2 is 0.452 bits per heavy atom. The molecule has 6 heteroatoms. The maximum absolute atomic E-state index is 7.11. The predicted molar refractivity (Wildman–Crippen MR) is 122 cm³/mol. The van der Waals surface area contributed by atoms with Gasteiger partial charge in [-0.25, -0.2) is 0 Å². The van der Waals surface area contributed by atoms with Crippen LogP contribution < -0.4 is 0 Å². The Morgan fingerprint density at radius 1 is 0.290 bits per heavy atom. The van der Waals surface area contributed by atoms with Crippen LogP contribution in [-0.4, -0.2) is 44.0 Å². The Morgan fingerprint density at radius 3 is 0.613 bits per heavy atom. The Bertz CT molecular complexity index is 434. The summed E-state index contributed by atoms with van der Waals surface area (Å²) in [6, 6.07) is 0. The van der Waals surface area contributed by atoms with Gasteiger partial charge in [0.15, 0.2) is 0 Å². The molecule has 0 aromatic rings. The quantitative estimate of drug-likeness (QED) is 0.311. The third-order valence-corrected chi connectivity index (χ3v) is 14.1. The monoisotopic (exact) mass is 505 g/mol. The zero-order valence-electron chi connectivity index (χ0n) is 19.5.